The molecule has 0 N–H and O–H groups in total. The van der Waals surface area contributed by atoms with Crippen LogP contribution in [0.1, 0.15) is 204 Å². The maximum atomic E-state index is 5.26. The minimum atomic E-state index is 0. The van der Waals surface area contributed by atoms with Crippen LogP contribution in [0.5, 0.6) is 0 Å². The molecule has 446 valence electrons. The molecule has 0 bridgehead atoms. The van der Waals surface area contributed by atoms with Gasteiger partial charge in [-0.1, -0.05) is 229 Å². The summed E-state index contributed by atoms with van der Waals surface area (Å²) in [5, 5.41) is 0. The van der Waals surface area contributed by atoms with E-state index in [1.54, 1.807) is 0 Å². The predicted molar refractivity (Wildman–Crippen MR) is 362 cm³/mol. The molecule has 0 amide bonds. The number of rotatable bonds is 16. The molecule has 13 heteroatoms. The van der Waals surface area contributed by atoms with Gasteiger partial charge in [-0.3, -0.25) is 20.0 Å². The minimum Gasteiger partial charge on any atom is -1.00 e. The van der Waals surface area contributed by atoms with E-state index in [2.05, 4.69) is 237 Å². The Morgan fingerprint density at radius 2 is 0.506 bits per heavy atom. The first-order valence-electron chi connectivity index (χ1n) is 28.7. The smallest absolute Gasteiger partial charge is 1.00 e. The Morgan fingerprint density at radius 3 is 0.729 bits per heavy atom. The zero-order chi connectivity index (χ0) is 61.6. The van der Waals surface area contributed by atoms with Crippen LogP contribution < -0.4 is 68.9 Å². The second kappa shape index (κ2) is 37.5. The van der Waals surface area contributed by atoms with Gasteiger partial charge in [0, 0.05) is 11.1 Å². The molecule has 0 atom stereocenters. The first-order chi connectivity index (χ1) is 40.2. The maximum Gasteiger partial charge on any atom is 1.00 e. The van der Waals surface area contributed by atoms with E-state index < -0.39 is 0 Å². The molecule has 85 heavy (non-hydrogen) atoms. The monoisotopic (exact) mass is 1420 g/mol. The third-order valence-corrected chi connectivity index (χ3v) is 14.3. The fourth-order valence-corrected chi connectivity index (χ4v) is 9.86. The van der Waals surface area contributed by atoms with Gasteiger partial charge < -0.3 is 1.43 Å². The first-order valence-corrected chi connectivity index (χ1v) is 34.7. The molecule has 8 aromatic rings. The number of aromatic nitrogens is 2. The van der Waals surface area contributed by atoms with Crippen LogP contribution in [0.4, 0.5) is 22.7 Å². The van der Waals surface area contributed by atoms with E-state index in [1.807, 2.05) is 43.3 Å². The molecule has 6 aromatic carbocycles. The Bertz CT molecular complexity index is 3300. The van der Waals surface area contributed by atoms with E-state index in [1.165, 1.54) is 33.4 Å². The first kappa shape index (κ1) is 74.0. The number of aliphatic imine (C=N–C) groups is 4. The van der Waals surface area contributed by atoms with Gasteiger partial charge in [-0.05, 0) is 132 Å². The average molecular weight is 1420 g/mol. The molecule has 0 aliphatic carbocycles. The number of nitrogens with zero attached hydrogens (tertiary/aromatic N) is 6. The number of halogens is 4. The summed E-state index contributed by atoms with van der Waals surface area (Å²) in [6.45, 7) is 35.0. The van der Waals surface area contributed by atoms with Gasteiger partial charge in [0.15, 0.2) is 0 Å². The SMILES string of the molecule is CC(=Nc1c(-c2ccccc2)cccc1-c1ccccc1)c1cccc(C(C)=Nc2c(C(C)C)cccc2C(C)C)n1.CC(=Nc1c(C(C)C)cccc1C(C)C)c1cccc(C(C)=Nc2c(C(C)C)cccc2C(C)C)n1.[Cl][Fe][Cl].[Cl][Fe][Cl].[Cs+].[H-]. The van der Waals surface area contributed by atoms with Crippen molar-refractivity contribution in [3.63, 3.8) is 0 Å². The fraction of sp³-hybridized carbons (Fsp3) is 0.306. The molecule has 0 saturated heterocycles. The van der Waals surface area contributed by atoms with Crippen molar-refractivity contribution in [1.29, 1.82) is 0 Å². The van der Waals surface area contributed by atoms with Crippen LogP contribution in [-0.2, 0) is 26.3 Å². The van der Waals surface area contributed by atoms with Crippen molar-refractivity contribution in [2.24, 2.45) is 20.0 Å². The number of hydrogen-bond donors (Lipinski definition) is 0. The Balaban J connectivity index is 0.000000408. The van der Waals surface area contributed by atoms with Crippen LogP contribution in [0.2, 0.25) is 0 Å². The molecule has 8 rings (SSSR count). The van der Waals surface area contributed by atoms with Crippen LogP contribution in [-0.4, -0.2) is 32.8 Å². The van der Waals surface area contributed by atoms with Crippen molar-refractivity contribution in [2.45, 2.75) is 146 Å². The molecule has 2 heterocycles. The van der Waals surface area contributed by atoms with Gasteiger partial charge in [0.2, 0.25) is 0 Å². The summed E-state index contributed by atoms with van der Waals surface area (Å²) >= 11 is 0.389. The van der Waals surface area contributed by atoms with Crippen LogP contribution in [0.3, 0.4) is 0 Å². The third kappa shape index (κ3) is 21.4. The van der Waals surface area contributed by atoms with E-state index in [9.17, 15) is 0 Å². The van der Waals surface area contributed by atoms with Crippen molar-refractivity contribution >= 4 is 86.0 Å². The molecular weight excluding hydrogens is 1340 g/mol. The van der Waals surface area contributed by atoms with Gasteiger partial charge in [0.05, 0.1) is 68.4 Å². The number of hydrogen-bond acceptors (Lipinski definition) is 6. The van der Waals surface area contributed by atoms with E-state index in [-0.39, 0.29) is 96.6 Å². The molecule has 0 spiro atoms. The molecular formula is C72H83Cl4CsFe2N6. The van der Waals surface area contributed by atoms with Crippen LogP contribution in [0, 0.1) is 0 Å². The molecule has 0 unspecified atom stereocenters. The molecule has 0 aliphatic rings. The third-order valence-electron chi connectivity index (χ3n) is 14.3. The van der Waals surface area contributed by atoms with E-state index in [4.69, 9.17) is 70.3 Å². The fourth-order valence-electron chi connectivity index (χ4n) is 9.86. The Hall–Kier alpha value is -3.45. The van der Waals surface area contributed by atoms with E-state index in [0.717, 1.165) is 90.6 Å². The standard InChI is InChI=1S/C39H39N3.C33H43N3.4ClH.Cs.2Fe.H/c1-26(2)32-20-13-21-33(27(3)4)38(32)40-28(5)36-24-15-25-37(42-36)29(6)41-39-34(30-16-9-7-10-17-30)22-14-23-35(39)31-18-11-8-12-19-31;1-20(2)26-14-11-15-27(21(3)4)32(26)34-24(9)30-18-13-19-31(36-30)25(10)35-33-28(22(5)6)16-12-17-29(33)23(7)8;;;;;;;;/h7-27H,1-6H3;11-23H,1-10H3;4*1H;;;;/q;;;;;;+1;2*+2;-1/p-4. The van der Waals surface area contributed by atoms with Crippen molar-refractivity contribution in [3.8, 4) is 22.3 Å². The summed E-state index contributed by atoms with van der Waals surface area (Å²) in [6.07, 6.45) is 0. The topological polar surface area (TPSA) is 75.2 Å². The molecule has 6 nitrogen and oxygen atoms in total. The van der Waals surface area contributed by atoms with E-state index >= 15 is 0 Å². The Morgan fingerprint density at radius 1 is 0.306 bits per heavy atom. The van der Waals surface area contributed by atoms with Crippen LogP contribution >= 0.6 is 40.4 Å². The normalized spacial score (nSPS) is 12.1. The predicted octanol–water partition coefficient (Wildman–Crippen LogP) is 20.7. The molecule has 2 aromatic heterocycles. The van der Waals surface area contributed by atoms with Gasteiger partial charge in [0.25, 0.3) is 0 Å². The van der Waals surface area contributed by atoms with Crippen molar-refractivity contribution in [1.82, 2.24) is 9.97 Å². The van der Waals surface area contributed by atoms with Gasteiger partial charge in [-0.2, -0.15) is 0 Å². The number of benzene rings is 6. The van der Waals surface area contributed by atoms with Crippen molar-refractivity contribution < 1.29 is 96.6 Å². The largest absolute Gasteiger partial charge is 1.00 e. The Kier molecular flexibility index (Phi) is 32.7. The van der Waals surface area contributed by atoms with Gasteiger partial charge in [-0.15, -0.1) is 0 Å². The number of para-hydroxylation sites is 4. The number of pyridine rings is 2. The summed E-state index contributed by atoms with van der Waals surface area (Å²) in [5.41, 5.74) is 23.4. The van der Waals surface area contributed by atoms with Crippen molar-refractivity contribution in [2.75, 3.05) is 0 Å². The molecule has 0 radical (unpaired) electrons. The zero-order valence-corrected chi connectivity index (χ0v) is 64.0. The van der Waals surface area contributed by atoms with Crippen LogP contribution in [0.25, 0.3) is 22.3 Å². The molecule has 0 fully saturated rings. The van der Waals surface area contributed by atoms with Crippen molar-refractivity contribution in [3.05, 3.63) is 226 Å². The van der Waals surface area contributed by atoms with Gasteiger partial charge in [0.1, 0.15) is 0 Å². The summed E-state index contributed by atoms with van der Waals surface area (Å²) in [5.74, 6) is 2.38. The minimum absolute atomic E-state index is 0. The van der Waals surface area contributed by atoms with Crippen LogP contribution in [0.15, 0.2) is 190 Å². The zero-order valence-electron chi connectivity index (χ0n) is 53.5. The average Bonchev–Trinajstić information content (AvgIpc) is 2.86. The summed E-state index contributed by atoms with van der Waals surface area (Å²) in [4.78, 5) is 30.8. The van der Waals surface area contributed by atoms with E-state index in [0.29, 0.717) is 35.5 Å². The summed E-state index contributed by atoms with van der Waals surface area (Å²) in [7, 11) is 19.1. The maximum absolute atomic E-state index is 5.26. The quantitative estimate of drug-likeness (QED) is 0.0714. The Labute approximate surface area is 599 Å². The van der Waals surface area contributed by atoms with Gasteiger partial charge in [-0.25, -0.2) is 9.97 Å². The molecule has 0 aliphatic heterocycles. The summed E-state index contributed by atoms with van der Waals surface area (Å²) < 4.78 is 0. The summed E-state index contributed by atoms with van der Waals surface area (Å²) in [6, 6.07) is 59.2. The molecule has 0 saturated carbocycles. The second-order valence-electron chi connectivity index (χ2n) is 22.4. The van der Waals surface area contributed by atoms with Gasteiger partial charge >= 0.3 is 136 Å². The second-order valence-corrected chi connectivity index (χ2v) is 26.1.